The Morgan fingerprint density at radius 1 is 1.09 bits per heavy atom. The molecule has 2 aromatic heterocycles. The molecule has 0 saturated heterocycles. The Morgan fingerprint density at radius 3 is 2.65 bits per heavy atom. The third-order valence-electron chi connectivity index (χ3n) is 5.27. The van der Waals surface area contributed by atoms with Gasteiger partial charge in [-0.2, -0.15) is 0 Å². The van der Waals surface area contributed by atoms with Crippen molar-refractivity contribution >= 4 is 22.5 Å². The summed E-state index contributed by atoms with van der Waals surface area (Å²) in [5.41, 5.74) is 4.91. The number of hydrogen-bond donors (Lipinski definition) is 0. The molecule has 3 aromatic rings. The van der Waals surface area contributed by atoms with E-state index in [1.807, 2.05) is 6.07 Å². The maximum absolute atomic E-state index is 5.95. The lowest BCUT2D eigenvalue weighted by Crippen LogP contribution is -2.15. The van der Waals surface area contributed by atoms with Crippen molar-refractivity contribution in [2.45, 2.75) is 44.1 Å². The minimum Gasteiger partial charge on any atom is -0.344 e. The second kappa shape index (κ2) is 5.07. The molecule has 5 rings (SSSR count). The smallest absolute Gasteiger partial charge is 0.222 e. The molecule has 2 aliphatic rings. The maximum atomic E-state index is 5.95. The molecular weight excluding hydrogens is 306 g/mol. The third kappa shape index (κ3) is 2.26. The molecule has 3 nitrogen and oxygen atoms in total. The zero-order valence-electron chi connectivity index (χ0n) is 12.9. The molecule has 0 unspecified atom stereocenters. The van der Waals surface area contributed by atoms with Gasteiger partial charge in [-0.25, -0.2) is 9.97 Å². The maximum Gasteiger partial charge on any atom is 0.222 e. The van der Waals surface area contributed by atoms with E-state index >= 15 is 0 Å². The molecule has 2 heterocycles. The molecule has 0 atom stereocenters. The summed E-state index contributed by atoms with van der Waals surface area (Å²) in [6.45, 7) is 0. The molecule has 0 spiro atoms. The third-order valence-corrected chi connectivity index (χ3v) is 5.45. The number of nitrogens with zero attached hydrogens (tertiary/aromatic N) is 3. The summed E-state index contributed by atoms with van der Waals surface area (Å²) in [7, 11) is 0. The van der Waals surface area contributed by atoms with Crippen molar-refractivity contribution in [3.8, 4) is 11.3 Å². The van der Waals surface area contributed by atoms with Crippen molar-refractivity contribution in [3.05, 3.63) is 47.5 Å². The van der Waals surface area contributed by atoms with Crippen LogP contribution in [0.1, 0.15) is 49.6 Å². The topological polar surface area (TPSA) is 30.7 Å². The van der Waals surface area contributed by atoms with Gasteiger partial charge in [-0.05, 0) is 73.4 Å². The Kier molecular flexibility index (Phi) is 2.99. The number of aromatic nitrogens is 3. The van der Waals surface area contributed by atoms with Crippen molar-refractivity contribution < 1.29 is 0 Å². The molecule has 0 N–H and O–H groups in total. The Balaban J connectivity index is 1.68. The van der Waals surface area contributed by atoms with Crippen LogP contribution in [0.5, 0.6) is 0 Å². The molecule has 0 bridgehead atoms. The first-order chi connectivity index (χ1) is 11.3. The van der Waals surface area contributed by atoms with Gasteiger partial charge >= 0.3 is 0 Å². The number of rotatable bonds is 3. The van der Waals surface area contributed by atoms with E-state index in [1.54, 1.807) is 6.20 Å². The molecule has 2 aliphatic carbocycles. The number of fused-ring (bicyclic) bond motifs is 1. The van der Waals surface area contributed by atoms with Crippen LogP contribution in [-0.4, -0.2) is 14.5 Å². The molecule has 1 aromatic carbocycles. The van der Waals surface area contributed by atoms with Crippen LogP contribution in [0.25, 0.3) is 22.2 Å². The Labute approximate surface area is 140 Å². The second-order valence-electron chi connectivity index (χ2n) is 6.79. The van der Waals surface area contributed by atoms with E-state index in [0.29, 0.717) is 11.3 Å². The SMILES string of the molecule is Clc1nccc(-c2ccc3c(c2)c(C2CC2)cn3C2CCC2)n1. The van der Waals surface area contributed by atoms with Gasteiger partial charge in [-0.3, -0.25) is 0 Å². The van der Waals surface area contributed by atoms with Gasteiger partial charge in [0.05, 0.1) is 5.69 Å². The summed E-state index contributed by atoms with van der Waals surface area (Å²) < 4.78 is 2.52. The first kappa shape index (κ1) is 13.6. The van der Waals surface area contributed by atoms with Crippen molar-refractivity contribution in [2.24, 2.45) is 0 Å². The number of hydrogen-bond acceptors (Lipinski definition) is 2. The van der Waals surface area contributed by atoms with Gasteiger partial charge in [0.25, 0.3) is 0 Å². The monoisotopic (exact) mass is 323 g/mol. The minimum absolute atomic E-state index is 0.303. The van der Waals surface area contributed by atoms with Crippen molar-refractivity contribution in [2.75, 3.05) is 0 Å². The van der Waals surface area contributed by atoms with Crippen LogP contribution < -0.4 is 0 Å². The average molecular weight is 324 g/mol. The summed E-state index contributed by atoms with van der Waals surface area (Å²) in [6, 6.07) is 9.32. The fourth-order valence-electron chi connectivity index (χ4n) is 3.62. The Morgan fingerprint density at radius 2 is 1.96 bits per heavy atom. The molecule has 2 saturated carbocycles. The predicted octanol–water partition coefficient (Wildman–Crippen LogP) is 5.35. The van der Waals surface area contributed by atoms with Gasteiger partial charge in [-0.1, -0.05) is 6.07 Å². The Bertz CT molecular complexity index is 891. The Hall–Kier alpha value is -1.87. The molecule has 0 radical (unpaired) electrons. The van der Waals surface area contributed by atoms with Crippen LogP contribution in [0, 0.1) is 0 Å². The first-order valence-electron chi connectivity index (χ1n) is 8.43. The van der Waals surface area contributed by atoms with Crippen molar-refractivity contribution in [1.82, 2.24) is 14.5 Å². The largest absolute Gasteiger partial charge is 0.344 e. The summed E-state index contributed by atoms with van der Waals surface area (Å²) in [5.74, 6) is 0.753. The second-order valence-corrected chi connectivity index (χ2v) is 7.13. The van der Waals surface area contributed by atoms with Gasteiger partial charge in [0.2, 0.25) is 5.28 Å². The van der Waals surface area contributed by atoms with E-state index in [0.717, 1.165) is 17.2 Å². The van der Waals surface area contributed by atoms with Crippen molar-refractivity contribution in [3.63, 3.8) is 0 Å². The van der Waals surface area contributed by atoms with Gasteiger partial charge in [0, 0.05) is 34.9 Å². The molecule has 116 valence electrons. The van der Waals surface area contributed by atoms with E-state index in [-0.39, 0.29) is 0 Å². The van der Waals surface area contributed by atoms with E-state index in [4.69, 9.17) is 11.6 Å². The highest BCUT2D eigenvalue weighted by Crippen LogP contribution is 2.46. The highest BCUT2D eigenvalue weighted by Gasteiger charge is 2.29. The van der Waals surface area contributed by atoms with E-state index in [2.05, 4.69) is 38.9 Å². The summed E-state index contributed by atoms with van der Waals surface area (Å²) in [6.07, 6.45) is 10.8. The molecule has 23 heavy (non-hydrogen) atoms. The van der Waals surface area contributed by atoms with Crippen LogP contribution in [0.2, 0.25) is 5.28 Å². The summed E-state index contributed by atoms with van der Waals surface area (Å²) >= 11 is 5.95. The van der Waals surface area contributed by atoms with Gasteiger partial charge < -0.3 is 4.57 Å². The lowest BCUT2D eigenvalue weighted by Gasteiger charge is -2.28. The van der Waals surface area contributed by atoms with Gasteiger partial charge in [0.1, 0.15) is 0 Å². The normalized spacial score (nSPS) is 18.3. The van der Waals surface area contributed by atoms with E-state index in [9.17, 15) is 0 Å². The van der Waals surface area contributed by atoms with Crippen LogP contribution in [-0.2, 0) is 0 Å². The molecule has 4 heteroatoms. The highest BCUT2D eigenvalue weighted by atomic mass is 35.5. The zero-order chi connectivity index (χ0) is 15.4. The van der Waals surface area contributed by atoms with E-state index < -0.39 is 0 Å². The van der Waals surface area contributed by atoms with Crippen LogP contribution in [0.4, 0.5) is 0 Å². The number of halogens is 1. The predicted molar refractivity (Wildman–Crippen MR) is 92.8 cm³/mol. The molecule has 2 fully saturated rings. The van der Waals surface area contributed by atoms with Crippen molar-refractivity contribution in [1.29, 1.82) is 0 Å². The quantitative estimate of drug-likeness (QED) is 0.608. The van der Waals surface area contributed by atoms with Gasteiger partial charge in [-0.15, -0.1) is 0 Å². The number of benzene rings is 1. The molecule has 0 amide bonds. The molecule has 0 aliphatic heterocycles. The van der Waals surface area contributed by atoms with Gasteiger partial charge in [0.15, 0.2) is 0 Å². The standard InChI is InChI=1S/C19H18ClN3/c20-19-21-9-8-17(22-19)13-6-7-18-15(10-13)16(12-4-5-12)11-23(18)14-2-1-3-14/h6-12,14H,1-5H2. The highest BCUT2D eigenvalue weighted by molar-refractivity contribution is 6.28. The summed E-state index contributed by atoms with van der Waals surface area (Å²) in [4.78, 5) is 8.34. The molecular formula is C19H18ClN3. The fraction of sp³-hybridized carbons (Fsp3) is 0.368. The minimum atomic E-state index is 0.303. The van der Waals surface area contributed by atoms with Crippen LogP contribution in [0.3, 0.4) is 0 Å². The fourth-order valence-corrected chi connectivity index (χ4v) is 3.77. The van der Waals surface area contributed by atoms with Crippen LogP contribution in [0.15, 0.2) is 36.7 Å². The zero-order valence-corrected chi connectivity index (χ0v) is 13.6. The first-order valence-corrected chi connectivity index (χ1v) is 8.81. The lowest BCUT2D eigenvalue weighted by molar-refractivity contribution is 0.321. The van der Waals surface area contributed by atoms with Crippen LogP contribution >= 0.6 is 11.6 Å². The lowest BCUT2D eigenvalue weighted by atomic mass is 9.93. The van der Waals surface area contributed by atoms with E-state index in [1.165, 1.54) is 48.6 Å². The average Bonchev–Trinajstić information content (AvgIpc) is 3.29. The summed E-state index contributed by atoms with van der Waals surface area (Å²) in [5, 5.41) is 1.70.